The molecule has 86 valence electrons. The first kappa shape index (κ1) is 11.5. The predicted molar refractivity (Wildman–Crippen MR) is 70.7 cm³/mol. The first-order valence-electron chi connectivity index (χ1n) is 5.41. The second-order valence-electron chi connectivity index (χ2n) is 4.05. The Hall–Kier alpha value is -1.03. The molecule has 1 aromatic carbocycles. The summed E-state index contributed by atoms with van der Waals surface area (Å²) in [6.07, 6.45) is 0. The third-order valence-electron chi connectivity index (χ3n) is 2.81. The van der Waals surface area contributed by atoms with Gasteiger partial charge >= 0.3 is 0 Å². The van der Waals surface area contributed by atoms with Gasteiger partial charge in [0.1, 0.15) is 0 Å². The number of rotatable bonds is 2. The zero-order chi connectivity index (χ0) is 11.5. The number of likely N-dealkylation sites (N-methyl/N-ethyl adjacent to an activating group) is 1. The molecule has 0 bridgehead atoms. The van der Waals surface area contributed by atoms with Gasteiger partial charge in [-0.15, -0.1) is 0 Å². The van der Waals surface area contributed by atoms with Crippen LogP contribution in [-0.2, 0) is 6.54 Å². The van der Waals surface area contributed by atoms with Crippen LogP contribution in [0.25, 0.3) is 0 Å². The molecule has 0 aliphatic carbocycles. The fraction of sp³-hybridized carbons (Fsp3) is 0.417. The van der Waals surface area contributed by atoms with E-state index in [9.17, 15) is 0 Å². The average Bonchev–Trinajstić information content (AvgIpc) is 2.66. The van der Waals surface area contributed by atoms with Gasteiger partial charge in [-0.25, -0.2) is 0 Å². The SMILES string of the molecule is Cc1ccc(Br)cc1CNC1=NCCN1C. The molecule has 0 unspecified atom stereocenters. The molecule has 0 atom stereocenters. The van der Waals surface area contributed by atoms with Crippen molar-refractivity contribution in [3.63, 3.8) is 0 Å². The van der Waals surface area contributed by atoms with E-state index in [4.69, 9.17) is 0 Å². The van der Waals surface area contributed by atoms with Gasteiger partial charge in [0.05, 0.1) is 6.54 Å². The van der Waals surface area contributed by atoms with Gasteiger partial charge in [0, 0.05) is 24.6 Å². The van der Waals surface area contributed by atoms with Gasteiger partial charge in [-0.3, -0.25) is 4.99 Å². The molecule has 1 N–H and O–H groups in total. The molecule has 4 heteroatoms. The molecule has 0 spiro atoms. The summed E-state index contributed by atoms with van der Waals surface area (Å²) in [5, 5.41) is 3.37. The quantitative estimate of drug-likeness (QED) is 0.900. The number of hydrogen-bond acceptors (Lipinski definition) is 3. The van der Waals surface area contributed by atoms with E-state index in [0.717, 1.165) is 30.1 Å². The highest BCUT2D eigenvalue weighted by Gasteiger charge is 2.11. The van der Waals surface area contributed by atoms with Gasteiger partial charge in [0.25, 0.3) is 0 Å². The molecular weight excluding hydrogens is 266 g/mol. The van der Waals surface area contributed by atoms with E-state index < -0.39 is 0 Å². The molecule has 1 aliphatic rings. The monoisotopic (exact) mass is 281 g/mol. The Morgan fingerprint density at radius 3 is 3.00 bits per heavy atom. The molecule has 1 heterocycles. The first-order valence-corrected chi connectivity index (χ1v) is 6.20. The summed E-state index contributed by atoms with van der Waals surface area (Å²) in [5.74, 6) is 0.999. The number of nitrogens with one attached hydrogen (secondary N) is 1. The summed E-state index contributed by atoms with van der Waals surface area (Å²) in [6.45, 7) is 4.87. The highest BCUT2D eigenvalue weighted by molar-refractivity contribution is 9.10. The van der Waals surface area contributed by atoms with E-state index in [0.29, 0.717) is 0 Å². The number of nitrogens with zero attached hydrogens (tertiary/aromatic N) is 2. The van der Waals surface area contributed by atoms with Gasteiger partial charge in [0.2, 0.25) is 0 Å². The van der Waals surface area contributed by atoms with Crippen molar-refractivity contribution in [2.75, 3.05) is 20.1 Å². The van der Waals surface area contributed by atoms with E-state index >= 15 is 0 Å². The molecule has 1 aromatic rings. The van der Waals surface area contributed by atoms with E-state index in [1.54, 1.807) is 0 Å². The van der Waals surface area contributed by atoms with Crippen molar-refractivity contribution in [1.82, 2.24) is 10.2 Å². The van der Waals surface area contributed by atoms with Crippen molar-refractivity contribution in [3.05, 3.63) is 33.8 Å². The standard InChI is InChI=1S/C12H16BrN3/c1-9-3-4-11(13)7-10(9)8-15-12-14-5-6-16(12)2/h3-4,7H,5-6,8H2,1-2H3,(H,14,15). The van der Waals surface area contributed by atoms with Crippen LogP contribution in [0.2, 0.25) is 0 Å². The van der Waals surface area contributed by atoms with Crippen molar-refractivity contribution in [2.24, 2.45) is 4.99 Å². The van der Waals surface area contributed by atoms with E-state index in [-0.39, 0.29) is 0 Å². The van der Waals surface area contributed by atoms with Crippen LogP contribution in [0.4, 0.5) is 0 Å². The summed E-state index contributed by atoms with van der Waals surface area (Å²) in [5.41, 5.74) is 2.61. The molecule has 0 aromatic heterocycles. The molecule has 0 saturated carbocycles. The van der Waals surface area contributed by atoms with Crippen molar-refractivity contribution in [1.29, 1.82) is 0 Å². The number of aryl methyl sites for hydroxylation is 1. The van der Waals surface area contributed by atoms with Crippen molar-refractivity contribution in [3.8, 4) is 0 Å². The Morgan fingerprint density at radius 1 is 1.50 bits per heavy atom. The minimum Gasteiger partial charge on any atom is -0.352 e. The summed E-state index contributed by atoms with van der Waals surface area (Å²) in [4.78, 5) is 6.55. The smallest absolute Gasteiger partial charge is 0.194 e. The minimum atomic E-state index is 0.828. The number of guanidine groups is 1. The molecule has 16 heavy (non-hydrogen) atoms. The summed E-state index contributed by atoms with van der Waals surface area (Å²) >= 11 is 3.49. The van der Waals surface area contributed by atoms with Crippen LogP contribution in [0.5, 0.6) is 0 Å². The first-order chi connectivity index (χ1) is 7.66. The normalized spacial score (nSPS) is 15.2. The molecular formula is C12H16BrN3. The van der Waals surface area contributed by atoms with Crippen LogP contribution >= 0.6 is 15.9 Å². The van der Waals surface area contributed by atoms with Crippen LogP contribution in [0.15, 0.2) is 27.7 Å². The maximum atomic E-state index is 4.40. The fourth-order valence-corrected chi connectivity index (χ4v) is 2.14. The van der Waals surface area contributed by atoms with Crippen molar-refractivity contribution in [2.45, 2.75) is 13.5 Å². The third kappa shape index (κ3) is 2.55. The van der Waals surface area contributed by atoms with Crippen molar-refractivity contribution >= 4 is 21.9 Å². The van der Waals surface area contributed by atoms with Crippen LogP contribution in [0, 0.1) is 6.92 Å². The summed E-state index contributed by atoms with van der Waals surface area (Å²) < 4.78 is 1.12. The Kier molecular flexibility index (Phi) is 3.49. The molecule has 3 nitrogen and oxygen atoms in total. The molecule has 1 aliphatic heterocycles. The predicted octanol–water partition coefficient (Wildman–Crippen LogP) is 2.15. The molecule has 0 radical (unpaired) electrons. The molecule has 2 rings (SSSR count). The Balaban J connectivity index is 2.02. The van der Waals surface area contributed by atoms with Crippen LogP contribution in [0.3, 0.4) is 0 Å². The number of aliphatic imine (C=N–C) groups is 1. The lowest BCUT2D eigenvalue weighted by Crippen LogP contribution is -2.35. The van der Waals surface area contributed by atoms with E-state index in [1.807, 2.05) is 0 Å². The summed E-state index contributed by atoms with van der Waals surface area (Å²) in [7, 11) is 2.06. The van der Waals surface area contributed by atoms with E-state index in [1.165, 1.54) is 11.1 Å². The highest BCUT2D eigenvalue weighted by Crippen LogP contribution is 2.15. The number of hydrogen-bond donors (Lipinski definition) is 1. The third-order valence-corrected chi connectivity index (χ3v) is 3.30. The Morgan fingerprint density at radius 2 is 2.31 bits per heavy atom. The van der Waals surface area contributed by atoms with E-state index in [2.05, 4.69) is 63.3 Å². The van der Waals surface area contributed by atoms with Crippen LogP contribution < -0.4 is 5.32 Å². The van der Waals surface area contributed by atoms with Gasteiger partial charge < -0.3 is 10.2 Å². The molecule has 0 saturated heterocycles. The zero-order valence-electron chi connectivity index (χ0n) is 9.63. The maximum absolute atomic E-state index is 4.40. The zero-order valence-corrected chi connectivity index (χ0v) is 11.2. The lowest BCUT2D eigenvalue weighted by atomic mass is 10.1. The van der Waals surface area contributed by atoms with Gasteiger partial charge in [-0.1, -0.05) is 22.0 Å². The fourth-order valence-electron chi connectivity index (χ4n) is 1.73. The summed E-state index contributed by atoms with van der Waals surface area (Å²) in [6, 6.07) is 6.34. The average molecular weight is 282 g/mol. The lowest BCUT2D eigenvalue weighted by molar-refractivity contribution is 0.534. The van der Waals surface area contributed by atoms with Crippen molar-refractivity contribution < 1.29 is 0 Å². The number of benzene rings is 1. The van der Waals surface area contributed by atoms with Gasteiger partial charge in [0.15, 0.2) is 5.96 Å². The minimum absolute atomic E-state index is 0.828. The molecule has 0 fully saturated rings. The largest absolute Gasteiger partial charge is 0.352 e. The lowest BCUT2D eigenvalue weighted by Gasteiger charge is -2.16. The second-order valence-corrected chi connectivity index (χ2v) is 4.97. The topological polar surface area (TPSA) is 27.6 Å². The Labute approximate surface area is 105 Å². The second kappa shape index (κ2) is 4.87. The highest BCUT2D eigenvalue weighted by atomic mass is 79.9. The number of halogens is 1. The van der Waals surface area contributed by atoms with Crippen LogP contribution in [-0.4, -0.2) is 31.0 Å². The van der Waals surface area contributed by atoms with Gasteiger partial charge in [-0.05, 0) is 30.2 Å². The molecule has 0 amide bonds. The Bertz CT molecular complexity index is 415. The van der Waals surface area contributed by atoms with Crippen LogP contribution in [0.1, 0.15) is 11.1 Å². The van der Waals surface area contributed by atoms with Gasteiger partial charge in [-0.2, -0.15) is 0 Å². The maximum Gasteiger partial charge on any atom is 0.194 e.